The van der Waals surface area contributed by atoms with Gasteiger partial charge in [0.05, 0.1) is 24.2 Å². The van der Waals surface area contributed by atoms with Crippen LogP contribution in [-0.4, -0.2) is 66.4 Å². The van der Waals surface area contributed by atoms with E-state index < -0.39 is 5.76 Å². The third-order valence-electron chi connectivity index (χ3n) is 5.88. The number of amides is 1. The first-order chi connectivity index (χ1) is 14.4. The molecule has 2 aliphatic heterocycles. The molecule has 0 saturated carbocycles. The van der Waals surface area contributed by atoms with Gasteiger partial charge in [0.25, 0.3) is 0 Å². The van der Waals surface area contributed by atoms with Gasteiger partial charge in [-0.15, -0.1) is 10.2 Å². The van der Waals surface area contributed by atoms with Crippen molar-refractivity contribution in [2.75, 3.05) is 20.1 Å². The van der Waals surface area contributed by atoms with Crippen molar-refractivity contribution >= 4 is 28.6 Å². The first-order valence-electron chi connectivity index (χ1n) is 9.77. The molecular weight excluding hydrogens is 412 g/mol. The zero-order valence-corrected chi connectivity index (χ0v) is 17.1. The molecule has 2 aliphatic rings. The zero-order valence-electron chi connectivity index (χ0n) is 16.4. The molecule has 0 unspecified atom stereocenters. The second kappa shape index (κ2) is 7.22. The molecule has 158 valence electrons. The van der Waals surface area contributed by atoms with Gasteiger partial charge in [-0.05, 0) is 25.6 Å². The number of fused-ring (bicyclic) bond motifs is 2. The van der Waals surface area contributed by atoms with Gasteiger partial charge < -0.3 is 19.0 Å². The van der Waals surface area contributed by atoms with E-state index in [0.29, 0.717) is 54.5 Å². The fraction of sp³-hybridized carbons (Fsp3) is 0.474. The zero-order chi connectivity index (χ0) is 21.0. The summed E-state index contributed by atoms with van der Waals surface area (Å²) in [5.41, 5.74) is 0.884. The number of aliphatic hydroxyl groups is 1. The van der Waals surface area contributed by atoms with Crippen molar-refractivity contribution in [3.63, 3.8) is 0 Å². The Hall–Kier alpha value is -2.69. The highest BCUT2D eigenvalue weighted by atomic mass is 35.5. The summed E-state index contributed by atoms with van der Waals surface area (Å²) < 4.78 is 8.55. The number of halogens is 1. The predicted octanol–water partition coefficient (Wildman–Crippen LogP) is 0.619. The van der Waals surface area contributed by atoms with Crippen molar-refractivity contribution in [3.05, 3.63) is 45.4 Å². The molecule has 0 aliphatic carbocycles. The van der Waals surface area contributed by atoms with E-state index in [1.807, 2.05) is 11.6 Å². The molecule has 11 heteroatoms. The van der Waals surface area contributed by atoms with Gasteiger partial charge in [-0.1, -0.05) is 11.6 Å². The number of hydrogen-bond acceptors (Lipinski definition) is 7. The number of β-amino-alcohol motifs (C(OH)–C–C–N with tert-alkyl or cyclic N) is 1. The van der Waals surface area contributed by atoms with E-state index in [-0.39, 0.29) is 24.6 Å². The van der Waals surface area contributed by atoms with Gasteiger partial charge in [0, 0.05) is 30.7 Å². The Morgan fingerprint density at radius 2 is 2.17 bits per heavy atom. The Bertz CT molecular complexity index is 1180. The molecular formula is C19H21ClN6O4. The number of oxazole rings is 1. The largest absolute Gasteiger partial charge is 0.420 e. The van der Waals surface area contributed by atoms with Gasteiger partial charge >= 0.3 is 5.76 Å². The molecule has 2 aromatic heterocycles. The quantitative estimate of drug-likeness (QED) is 0.646. The lowest BCUT2D eigenvalue weighted by Crippen LogP contribution is -2.41. The molecule has 1 aromatic carbocycles. The maximum Gasteiger partial charge on any atom is 0.420 e. The number of carbonyl (C=O) groups excluding carboxylic acids is 1. The topological polar surface area (TPSA) is 110 Å². The Morgan fingerprint density at radius 3 is 2.93 bits per heavy atom. The van der Waals surface area contributed by atoms with Crippen molar-refractivity contribution < 1.29 is 14.3 Å². The molecule has 30 heavy (non-hydrogen) atoms. The summed E-state index contributed by atoms with van der Waals surface area (Å²) in [7, 11) is 1.96. The highest BCUT2D eigenvalue weighted by Crippen LogP contribution is 2.31. The maximum absolute atomic E-state index is 12.9. The van der Waals surface area contributed by atoms with Crippen molar-refractivity contribution in [1.29, 1.82) is 0 Å². The van der Waals surface area contributed by atoms with Gasteiger partial charge in [0.15, 0.2) is 17.2 Å². The summed E-state index contributed by atoms with van der Waals surface area (Å²) in [6.07, 6.45) is 0.255. The molecule has 0 bridgehead atoms. The van der Waals surface area contributed by atoms with E-state index in [0.717, 1.165) is 5.82 Å². The van der Waals surface area contributed by atoms with Crippen LogP contribution in [0.4, 0.5) is 0 Å². The van der Waals surface area contributed by atoms with Crippen LogP contribution in [0.25, 0.3) is 11.1 Å². The molecule has 0 spiro atoms. The molecule has 5 rings (SSSR count). The van der Waals surface area contributed by atoms with E-state index in [4.69, 9.17) is 16.0 Å². The lowest BCUT2D eigenvalue weighted by molar-refractivity contribution is -0.133. The van der Waals surface area contributed by atoms with E-state index in [1.54, 1.807) is 23.1 Å². The van der Waals surface area contributed by atoms with Crippen LogP contribution in [0, 0.1) is 0 Å². The Balaban J connectivity index is 1.34. The number of hydrogen-bond donors (Lipinski definition) is 1. The van der Waals surface area contributed by atoms with Gasteiger partial charge in [-0.3, -0.25) is 14.3 Å². The molecule has 0 radical (unpaired) electrons. The van der Waals surface area contributed by atoms with Crippen molar-refractivity contribution in [3.8, 4) is 0 Å². The third kappa shape index (κ3) is 3.21. The van der Waals surface area contributed by atoms with Gasteiger partial charge in [0.1, 0.15) is 6.54 Å². The first kappa shape index (κ1) is 19.3. The van der Waals surface area contributed by atoms with Crippen LogP contribution in [0.3, 0.4) is 0 Å². The van der Waals surface area contributed by atoms with Crippen LogP contribution in [0.15, 0.2) is 27.4 Å². The first-order valence-corrected chi connectivity index (χ1v) is 10.2. The van der Waals surface area contributed by atoms with Crippen LogP contribution in [0.1, 0.15) is 24.1 Å². The number of aliphatic hydroxyl groups excluding tert-OH is 1. The number of benzene rings is 1. The second-order valence-electron chi connectivity index (χ2n) is 7.85. The summed E-state index contributed by atoms with van der Waals surface area (Å²) in [6, 6.07) is 4.90. The highest BCUT2D eigenvalue weighted by Gasteiger charge is 2.35. The van der Waals surface area contributed by atoms with Crippen molar-refractivity contribution in [2.24, 2.45) is 0 Å². The van der Waals surface area contributed by atoms with E-state index in [9.17, 15) is 14.7 Å². The minimum atomic E-state index is -0.592. The minimum Gasteiger partial charge on any atom is -0.408 e. The van der Waals surface area contributed by atoms with Gasteiger partial charge in [-0.25, -0.2) is 4.79 Å². The van der Waals surface area contributed by atoms with Crippen molar-refractivity contribution in [1.82, 2.24) is 29.1 Å². The average molecular weight is 433 g/mol. The molecule has 3 aromatic rings. The lowest BCUT2D eigenvalue weighted by Gasteiger charge is -2.29. The predicted molar refractivity (Wildman–Crippen MR) is 107 cm³/mol. The Morgan fingerprint density at radius 1 is 1.33 bits per heavy atom. The highest BCUT2D eigenvalue weighted by molar-refractivity contribution is 6.31. The summed E-state index contributed by atoms with van der Waals surface area (Å²) >= 11 is 5.94. The number of nitrogens with zero attached hydrogens (tertiary/aromatic N) is 6. The normalized spacial score (nSPS) is 22.0. The molecule has 1 N–H and O–H groups in total. The molecule has 1 saturated heterocycles. The second-order valence-corrected chi connectivity index (χ2v) is 8.29. The number of aromatic nitrogens is 4. The standard InChI is InChI=1S/C19H21ClN6O4/c1-23-8-12(27)7-14(23)18-22-21-16-9-24(4-5-25(16)18)17(28)10-26-13-3-2-11(20)6-15(13)30-19(26)29/h2-3,6,12,14,27H,4-5,7-10H2,1H3/t12-,14+/m1/s1. The Kier molecular flexibility index (Phi) is 4.64. The number of likely N-dealkylation sites (N-methyl/N-ethyl adjacent to an activating group) is 1. The number of carbonyl (C=O) groups is 1. The molecule has 1 amide bonds. The molecule has 2 atom stereocenters. The smallest absolute Gasteiger partial charge is 0.408 e. The summed E-state index contributed by atoms with van der Waals surface area (Å²) in [6.45, 7) is 1.87. The SMILES string of the molecule is CN1C[C@H](O)C[C@H]1c1nnc2n1CCN(C(=O)Cn1c(=O)oc3cc(Cl)ccc31)C2. The summed E-state index contributed by atoms with van der Waals surface area (Å²) in [4.78, 5) is 28.8. The minimum absolute atomic E-state index is 0.0196. The van der Waals surface area contributed by atoms with Gasteiger partial charge in [-0.2, -0.15) is 0 Å². The third-order valence-corrected chi connectivity index (χ3v) is 6.12. The average Bonchev–Trinajstić information content (AvgIpc) is 3.36. The summed E-state index contributed by atoms with van der Waals surface area (Å²) in [5, 5.41) is 19.0. The fourth-order valence-electron chi connectivity index (χ4n) is 4.34. The van der Waals surface area contributed by atoms with Gasteiger partial charge in [0.2, 0.25) is 5.91 Å². The van der Waals surface area contributed by atoms with Crippen LogP contribution in [0.5, 0.6) is 0 Å². The van der Waals surface area contributed by atoms with E-state index in [1.165, 1.54) is 4.57 Å². The maximum atomic E-state index is 12.9. The Labute approximate surface area is 176 Å². The molecule has 10 nitrogen and oxygen atoms in total. The van der Waals surface area contributed by atoms with Crippen LogP contribution < -0.4 is 5.76 Å². The monoisotopic (exact) mass is 432 g/mol. The van der Waals surface area contributed by atoms with Crippen molar-refractivity contribution in [2.45, 2.75) is 38.2 Å². The number of likely N-dealkylation sites (tertiary alicyclic amines) is 1. The molecule has 1 fully saturated rings. The lowest BCUT2D eigenvalue weighted by atomic mass is 10.2. The van der Waals surface area contributed by atoms with E-state index in [2.05, 4.69) is 15.1 Å². The van der Waals surface area contributed by atoms with Crippen LogP contribution in [-0.2, 0) is 24.4 Å². The fourth-order valence-corrected chi connectivity index (χ4v) is 4.50. The summed E-state index contributed by atoms with van der Waals surface area (Å²) in [5.74, 6) is 0.741. The number of rotatable bonds is 3. The van der Waals surface area contributed by atoms with E-state index >= 15 is 0 Å². The van der Waals surface area contributed by atoms with Crippen LogP contribution >= 0.6 is 11.6 Å². The molecule has 4 heterocycles. The van der Waals surface area contributed by atoms with Crippen LogP contribution in [0.2, 0.25) is 5.02 Å².